The number of hydrogen-bond acceptors (Lipinski definition) is 4. The first-order valence-corrected chi connectivity index (χ1v) is 5.12. The van der Waals surface area contributed by atoms with Crippen molar-refractivity contribution in [3.8, 4) is 0 Å². The van der Waals surface area contributed by atoms with Gasteiger partial charge in [0, 0.05) is 19.0 Å². The number of carbonyl (C=O) groups excluding carboxylic acids is 1. The van der Waals surface area contributed by atoms with Gasteiger partial charge < -0.3 is 4.42 Å². The fourth-order valence-electron chi connectivity index (χ4n) is 1.80. The molecular formula is C11H12N2O4. The molecule has 0 saturated carbocycles. The fraction of sp³-hybridized carbons (Fsp3) is 0.364. The number of aryl methyl sites for hydroxylation is 1. The summed E-state index contributed by atoms with van der Waals surface area (Å²) in [5, 5.41) is 0.278. The van der Waals surface area contributed by atoms with Crippen LogP contribution in [0.4, 0.5) is 0 Å². The summed E-state index contributed by atoms with van der Waals surface area (Å²) < 4.78 is 6.25. The number of carbonyl (C=O) groups is 1. The summed E-state index contributed by atoms with van der Waals surface area (Å²) in [5.74, 6) is 0.415. The molecule has 0 amide bonds. The predicted octanol–water partition coefficient (Wildman–Crippen LogP) is 0.260. The minimum Gasteiger partial charge on any atom is -0.444 e. The van der Waals surface area contributed by atoms with Crippen LogP contribution in [0.3, 0.4) is 0 Å². The quantitative estimate of drug-likeness (QED) is 0.810. The second kappa shape index (κ2) is 3.73. The van der Waals surface area contributed by atoms with Crippen LogP contribution in [0.1, 0.15) is 18.2 Å². The molecule has 2 aromatic rings. The van der Waals surface area contributed by atoms with E-state index in [1.165, 1.54) is 14.0 Å². The molecule has 0 aromatic carbocycles. The molecule has 2 rings (SSSR count). The van der Waals surface area contributed by atoms with Gasteiger partial charge in [-0.3, -0.25) is 19.1 Å². The van der Waals surface area contributed by atoms with Crippen molar-refractivity contribution in [3.63, 3.8) is 0 Å². The van der Waals surface area contributed by atoms with Gasteiger partial charge in [0.15, 0.2) is 0 Å². The van der Waals surface area contributed by atoms with Crippen LogP contribution in [-0.2, 0) is 18.3 Å². The van der Waals surface area contributed by atoms with Crippen molar-refractivity contribution in [2.75, 3.05) is 0 Å². The van der Waals surface area contributed by atoms with Crippen LogP contribution in [0.15, 0.2) is 14.0 Å². The minimum absolute atomic E-state index is 0.0657. The highest BCUT2D eigenvalue weighted by atomic mass is 16.3. The standard InChI is InChI=1S/C11H12N2O4/c1-5(14)4-7-6(2)17-9-8(7)10(15)13(3)11(16)12-9/h4H2,1-3H3,(H,12,16). The largest absolute Gasteiger partial charge is 0.444 e. The molecule has 0 bridgehead atoms. The minimum atomic E-state index is -0.536. The predicted molar refractivity (Wildman–Crippen MR) is 61.2 cm³/mol. The smallest absolute Gasteiger partial charge is 0.330 e. The van der Waals surface area contributed by atoms with Crippen LogP contribution in [0.25, 0.3) is 11.1 Å². The van der Waals surface area contributed by atoms with Gasteiger partial charge in [-0.2, -0.15) is 0 Å². The summed E-state index contributed by atoms with van der Waals surface area (Å²) in [6, 6.07) is 0. The topological polar surface area (TPSA) is 85.1 Å². The lowest BCUT2D eigenvalue weighted by molar-refractivity contribution is -0.116. The molecule has 0 spiro atoms. The molecule has 1 N–H and O–H groups in total. The molecule has 6 nitrogen and oxygen atoms in total. The monoisotopic (exact) mass is 236 g/mol. The SMILES string of the molecule is CC(=O)Cc1c(C)oc2[nH]c(=O)n(C)c(=O)c12. The zero-order valence-electron chi connectivity index (χ0n) is 9.79. The number of Topliss-reactive ketones (excluding diaryl/α,β-unsaturated/α-hetero) is 1. The first-order chi connectivity index (χ1) is 7.91. The lowest BCUT2D eigenvalue weighted by Crippen LogP contribution is -2.32. The summed E-state index contributed by atoms with van der Waals surface area (Å²) in [7, 11) is 1.38. The molecule has 17 heavy (non-hydrogen) atoms. The molecule has 0 saturated heterocycles. The molecule has 0 aliphatic heterocycles. The Morgan fingerprint density at radius 1 is 1.41 bits per heavy atom. The van der Waals surface area contributed by atoms with Crippen LogP contribution >= 0.6 is 0 Å². The Hall–Kier alpha value is -2.11. The van der Waals surface area contributed by atoms with Crippen LogP contribution in [-0.4, -0.2) is 15.3 Å². The number of rotatable bonds is 2. The van der Waals surface area contributed by atoms with E-state index >= 15 is 0 Å². The Morgan fingerprint density at radius 3 is 2.65 bits per heavy atom. The Morgan fingerprint density at radius 2 is 2.06 bits per heavy atom. The van der Waals surface area contributed by atoms with Crippen molar-refractivity contribution in [2.45, 2.75) is 20.3 Å². The highest BCUT2D eigenvalue weighted by Gasteiger charge is 2.17. The van der Waals surface area contributed by atoms with Crippen LogP contribution < -0.4 is 11.2 Å². The van der Waals surface area contributed by atoms with Crippen LogP contribution in [0, 0.1) is 6.92 Å². The molecule has 2 heterocycles. The van der Waals surface area contributed by atoms with Gasteiger partial charge in [-0.1, -0.05) is 0 Å². The number of nitrogens with one attached hydrogen (secondary N) is 1. The van der Waals surface area contributed by atoms with Crippen LogP contribution in [0.5, 0.6) is 0 Å². The van der Waals surface area contributed by atoms with E-state index in [0.29, 0.717) is 11.3 Å². The lowest BCUT2D eigenvalue weighted by atomic mass is 10.1. The maximum absolute atomic E-state index is 11.9. The maximum atomic E-state index is 11.9. The summed E-state index contributed by atoms with van der Waals surface area (Å²) in [6.45, 7) is 3.10. The number of hydrogen-bond donors (Lipinski definition) is 1. The molecule has 0 radical (unpaired) electrons. The number of ketones is 1. The number of aromatic amines is 1. The average Bonchev–Trinajstić information content (AvgIpc) is 2.51. The molecule has 0 fully saturated rings. The molecule has 0 atom stereocenters. The van der Waals surface area contributed by atoms with Crippen molar-refractivity contribution in [1.29, 1.82) is 0 Å². The normalized spacial score (nSPS) is 11.0. The maximum Gasteiger partial charge on any atom is 0.330 e. The Bertz CT molecular complexity index is 717. The van der Waals surface area contributed by atoms with Gasteiger partial charge >= 0.3 is 5.69 Å². The third-order valence-electron chi connectivity index (χ3n) is 2.68. The molecular weight excluding hydrogens is 224 g/mol. The number of fused-ring (bicyclic) bond motifs is 1. The second-order valence-corrected chi connectivity index (χ2v) is 4.01. The van der Waals surface area contributed by atoms with E-state index in [1.54, 1.807) is 6.92 Å². The summed E-state index contributed by atoms with van der Waals surface area (Å²) in [6.07, 6.45) is 0.125. The zero-order chi connectivity index (χ0) is 12.7. The van der Waals surface area contributed by atoms with Gasteiger partial charge in [-0.05, 0) is 13.8 Å². The number of furan rings is 1. The summed E-state index contributed by atoms with van der Waals surface area (Å²) in [5.41, 5.74) is -0.307. The van der Waals surface area contributed by atoms with Gasteiger partial charge in [0.2, 0.25) is 5.71 Å². The molecule has 0 aliphatic rings. The van der Waals surface area contributed by atoms with E-state index < -0.39 is 11.2 Å². The Balaban J connectivity index is 2.90. The van der Waals surface area contributed by atoms with Crippen molar-refractivity contribution in [3.05, 3.63) is 32.2 Å². The first kappa shape index (κ1) is 11.4. The van der Waals surface area contributed by atoms with Crippen LogP contribution in [0.2, 0.25) is 0 Å². The fourth-order valence-corrected chi connectivity index (χ4v) is 1.80. The third kappa shape index (κ3) is 1.71. The number of aromatic nitrogens is 2. The van der Waals surface area contributed by atoms with Crippen molar-refractivity contribution in [2.24, 2.45) is 7.05 Å². The molecule has 0 aliphatic carbocycles. The van der Waals surface area contributed by atoms with Gasteiger partial charge in [0.25, 0.3) is 5.56 Å². The molecule has 2 aromatic heterocycles. The Labute approximate surface area is 95.9 Å². The summed E-state index contributed by atoms with van der Waals surface area (Å²) >= 11 is 0. The van der Waals surface area contributed by atoms with E-state index in [0.717, 1.165) is 4.57 Å². The van der Waals surface area contributed by atoms with Crippen molar-refractivity contribution >= 4 is 16.9 Å². The molecule has 90 valence electrons. The van der Waals surface area contributed by atoms with Crippen molar-refractivity contribution in [1.82, 2.24) is 9.55 Å². The highest BCUT2D eigenvalue weighted by Crippen LogP contribution is 2.20. The number of H-pyrrole nitrogens is 1. The van der Waals surface area contributed by atoms with E-state index in [2.05, 4.69) is 4.98 Å². The average molecular weight is 236 g/mol. The Kier molecular flexibility index (Phi) is 2.49. The van der Waals surface area contributed by atoms with Gasteiger partial charge in [-0.25, -0.2) is 4.79 Å². The van der Waals surface area contributed by atoms with Gasteiger partial charge in [0.05, 0.1) is 0 Å². The molecule has 0 unspecified atom stereocenters. The van der Waals surface area contributed by atoms with Crippen molar-refractivity contribution < 1.29 is 9.21 Å². The highest BCUT2D eigenvalue weighted by molar-refractivity contribution is 5.86. The third-order valence-corrected chi connectivity index (χ3v) is 2.68. The van der Waals surface area contributed by atoms with E-state index in [9.17, 15) is 14.4 Å². The van der Waals surface area contributed by atoms with Gasteiger partial charge in [-0.15, -0.1) is 0 Å². The number of nitrogens with zero attached hydrogens (tertiary/aromatic N) is 1. The lowest BCUT2D eigenvalue weighted by Gasteiger charge is -1.97. The van der Waals surface area contributed by atoms with E-state index in [4.69, 9.17) is 4.42 Å². The van der Waals surface area contributed by atoms with Gasteiger partial charge in [0.1, 0.15) is 16.9 Å². The zero-order valence-corrected chi connectivity index (χ0v) is 9.79. The van der Waals surface area contributed by atoms with E-state index in [-0.39, 0.29) is 23.3 Å². The van der Waals surface area contributed by atoms with E-state index in [1.807, 2.05) is 0 Å². The second-order valence-electron chi connectivity index (χ2n) is 4.01. The summed E-state index contributed by atoms with van der Waals surface area (Å²) in [4.78, 5) is 36.9. The first-order valence-electron chi connectivity index (χ1n) is 5.12. The molecule has 6 heteroatoms.